The zero-order valence-corrected chi connectivity index (χ0v) is 14.2. The summed E-state index contributed by atoms with van der Waals surface area (Å²) in [6.45, 7) is 1.90. The van der Waals surface area contributed by atoms with Gasteiger partial charge in [0.1, 0.15) is 23.1 Å². The van der Waals surface area contributed by atoms with E-state index in [9.17, 15) is 4.79 Å². The third kappa shape index (κ3) is 3.60. The van der Waals surface area contributed by atoms with E-state index < -0.39 is 0 Å². The number of aryl methyl sites for hydroxylation is 1. The minimum absolute atomic E-state index is 0.273. The van der Waals surface area contributed by atoms with Crippen LogP contribution in [0.2, 0.25) is 0 Å². The number of aromatic nitrogens is 3. The Morgan fingerprint density at radius 1 is 1.08 bits per heavy atom. The Hall–Kier alpha value is -3.35. The summed E-state index contributed by atoms with van der Waals surface area (Å²) in [5.74, 6) is 2.40. The van der Waals surface area contributed by atoms with E-state index in [1.54, 1.807) is 36.7 Å². The molecular weight excluding hydrogens is 320 g/mol. The summed E-state index contributed by atoms with van der Waals surface area (Å²) in [6, 6.07) is 8.61. The number of hydrogen-bond acceptors (Lipinski definition) is 5. The molecule has 0 spiro atoms. The number of methoxy groups -OCH3 is 2. The topological polar surface area (TPSA) is 78.3 Å². The van der Waals surface area contributed by atoms with Crippen LogP contribution in [0.4, 0.5) is 5.69 Å². The largest absolute Gasteiger partial charge is 0.497 e. The third-order valence-corrected chi connectivity index (χ3v) is 3.69. The van der Waals surface area contributed by atoms with E-state index in [-0.39, 0.29) is 5.91 Å². The van der Waals surface area contributed by atoms with Gasteiger partial charge in [0.25, 0.3) is 5.91 Å². The van der Waals surface area contributed by atoms with Crippen molar-refractivity contribution in [1.82, 2.24) is 14.5 Å². The number of benzene rings is 1. The monoisotopic (exact) mass is 338 g/mol. The molecule has 7 heteroatoms. The van der Waals surface area contributed by atoms with Crippen LogP contribution >= 0.6 is 0 Å². The van der Waals surface area contributed by atoms with Crippen molar-refractivity contribution in [1.29, 1.82) is 0 Å². The average Bonchev–Trinajstić information content (AvgIpc) is 3.07. The molecule has 7 nitrogen and oxygen atoms in total. The fraction of sp³-hybridized carbons (Fsp3) is 0.167. The predicted octanol–water partition coefficient (Wildman–Crippen LogP) is 2.85. The van der Waals surface area contributed by atoms with Crippen molar-refractivity contribution in [2.24, 2.45) is 0 Å². The molecule has 0 aliphatic heterocycles. The molecule has 1 N–H and O–H groups in total. The number of carbonyl (C=O) groups is 1. The zero-order chi connectivity index (χ0) is 17.8. The second-order valence-corrected chi connectivity index (χ2v) is 5.30. The summed E-state index contributed by atoms with van der Waals surface area (Å²) in [5, 5.41) is 2.81. The van der Waals surface area contributed by atoms with Gasteiger partial charge < -0.3 is 14.8 Å². The third-order valence-electron chi connectivity index (χ3n) is 3.69. The van der Waals surface area contributed by atoms with Gasteiger partial charge in [0.05, 0.1) is 26.1 Å². The van der Waals surface area contributed by atoms with Crippen molar-refractivity contribution in [3.63, 3.8) is 0 Å². The minimum Gasteiger partial charge on any atom is -0.497 e. The molecule has 0 saturated carbocycles. The molecule has 2 aromatic heterocycles. The number of ether oxygens (including phenoxy) is 2. The maximum absolute atomic E-state index is 12.5. The molecule has 3 rings (SSSR count). The molecule has 3 aromatic rings. The van der Waals surface area contributed by atoms with Crippen molar-refractivity contribution >= 4 is 11.6 Å². The van der Waals surface area contributed by atoms with Crippen LogP contribution in [-0.2, 0) is 0 Å². The van der Waals surface area contributed by atoms with E-state index in [2.05, 4.69) is 15.3 Å². The Morgan fingerprint density at radius 3 is 2.32 bits per heavy atom. The first-order valence-corrected chi connectivity index (χ1v) is 7.61. The van der Waals surface area contributed by atoms with Gasteiger partial charge in [-0.05, 0) is 31.2 Å². The quantitative estimate of drug-likeness (QED) is 0.774. The lowest BCUT2D eigenvalue weighted by Crippen LogP contribution is -2.12. The van der Waals surface area contributed by atoms with Crippen molar-refractivity contribution in [2.75, 3.05) is 19.5 Å². The highest BCUT2D eigenvalue weighted by Gasteiger charge is 2.11. The van der Waals surface area contributed by atoms with Crippen LogP contribution in [0.15, 0.2) is 48.9 Å². The molecule has 0 unspecified atom stereocenters. The van der Waals surface area contributed by atoms with E-state index in [0.29, 0.717) is 22.7 Å². The van der Waals surface area contributed by atoms with E-state index in [0.717, 1.165) is 11.6 Å². The fourth-order valence-corrected chi connectivity index (χ4v) is 2.36. The number of imidazole rings is 1. The number of hydrogen-bond donors (Lipinski definition) is 1. The van der Waals surface area contributed by atoms with Gasteiger partial charge in [-0.1, -0.05) is 0 Å². The van der Waals surface area contributed by atoms with E-state index in [4.69, 9.17) is 9.47 Å². The van der Waals surface area contributed by atoms with Gasteiger partial charge in [0.15, 0.2) is 0 Å². The van der Waals surface area contributed by atoms with Crippen LogP contribution < -0.4 is 14.8 Å². The molecule has 0 saturated heterocycles. The van der Waals surface area contributed by atoms with Gasteiger partial charge in [0, 0.05) is 24.0 Å². The first-order valence-electron chi connectivity index (χ1n) is 7.61. The van der Waals surface area contributed by atoms with Crippen molar-refractivity contribution in [3.05, 3.63) is 60.3 Å². The predicted molar refractivity (Wildman–Crippen MR) is 93.6 cm³/mol. The molecule has 0 atom stereocenters. The number of anilines is 1. The van der Waals surface area contributed by atoms with Gasteiger partial charge >= 0.3 is 0 Å². The van der Waals surface area contributed by atoms with E-state index in [1.807, 2.05) is 23.8 Å². The maximum Gasteiger partial charge on any atom is 0.255 e. The summed E-state index contributed by atoms with van der Waals surface area (Å²) in [7, 11) is 3.08. The molecule has 2 heterocycles. The van der Waals surface area contributed by atoms with Gasteiger partial charge in [-0.2, -0.15) is 0 Å². The minimum atomic E-state index is -0.273. The van der Waals surface area contributed by atoms with Crippen molar-refractivity contribution in [2.45, 2.75) is 6.92 Å². The number of rotatable bonds is 5. The molecule has 1 amide bonds. The van der Waals surface area contributed by atoms with Crippen molar-refractivity contribution < 1.29 is 14.3 Å². The highest BCUT2D eigenvalue weighted by Crippen LogP contribution is 2.23. The number of nitrogens with one attached hydrogen (secondary N) is 1. The first-order chi connectivity index (χ1) is 12.1. The molecule has 25 heavy (non-hydrogen) atoms. The summed E-state index contributed by atoms with van der Waals surface area (Å²) >= 11 is 0. The standard InChI is InChI=1S/C18H18N4O3/c1-12-19-6-7-22(12)17-5-4-14(11-20-17)21-18(23)13-8-15(24-2)10-16(9-13)25-3/h4-11H,1-3H3,(H,21,23). The first kappa shape index (κ1) is 16.5. The molecule has 128 valence electrons. The van der Waals surface area contributed by atoms with Crippen LogP contribution in [0.25, 0.3) is 5.82 Å². The van der Waals surface area contributed by atoms with E-state index >= 15 is 0 Å². The lowest BCUT2D eigenvalue weighted by molar-refractivity contribution is 0.102. The zero-order valence-electron chi connectivity index (χ0n) is 14.2. The Morgan fingerprint density at radius 2 is 1.80 bits per heavy atom. The molecule has 1 aromatic carbocycles. The SMILES string of the molecule is COc1cc(OC)cc(C(=O)Nc2ccc(-n3ccnc3C)nc2)c1. The number of nitrogens with zero attached hydrogens (tertiary/aromatic N) is 3. The van der Waals surface area contributed by atoms with Gasteiger partial charge in [-0.3, -0.25) is 9.36 Å². The summed E-state index contributed by atoms with van der Waals surface area (Å²) < 4.78 is 12.2. The molecule has 0 fully saturated rings. The lowest BCUT2D eigenvalue weighted by atomic mass is 10.2. The van der Waals surface area contributed by atoms with Crippen LogP contribution in [0.5, 0.6) is 11.5 Å². The summed E-state index contributed by atoms with van der Waals surface area (Å²) in [6.07, 6.45) is 5.14. The van der Waals surface area contributed by atoms with Crippen LogP contribution in [0, 0.1) is 6.92 Å². The Bertz CT molecular complexity index is 865. The Labute approximate surface area is 145 Å². The van der Waals surface area contributed by atoms with Crippen LogP contribution in [-0.4, -0.2) is 34.7 Å². The average molecular weight is 338 g/mol. The molecular formula is C18H18N4O3. The summed E-state index contributed by atoms with van der Waals surface area (Å²) in [5.41, 5.74) is 1.03. The van der Waals surface area contributed by atoms with Gasteiger partial charge in [0.2, 0.25) is 0 Å². The smallest absolute Gasteiger partial charge is 0.255 e. The fourth-order valence-electron chi connectivity index (χ4n) is 2.36. The van der Waals surface area contributed by atoms with Gasteiger partial charge in [-0.25, -0.2) is 9.97 Å². The Kier molecular flexibility index (Phi) is 4.65. The molecule has 0 radical (unpaired) electrons. The maximum atomic E-state index is 12.5. The van der Waals surface area contributed by atoms with E-state index in [1.165, 1.54) is 14.2 Å². The van der Waals surface area contributed by atoms with Crippen LogP contribution in [0.3, 0.4) is 0 Å². The number of amides is 1. The second kappa shape index (κ2) is 7.04. The molecule has 0 aliphatic rings. The molecule has 0 aliphatic carbocycles. The highest BCUT2D eigenvalue weighted by atomic mass is 16.5. The highest BCUT2D eigenvalue weighted by molar-refractivity contribution is 6.04. The Balaban J connectivity index is 1.78. The van der Waals surface area contributed by atoms with Crippen molar-refractivity contribution in [3.8, 4) is 17.3 Å². The molecule has 0 bridgehead atoms. The lowest BCUT2D eigenvalue weighted by Gasteiger charge is -2.10. The van der Waals surface area contributed by atoms with Gasteiger partial charge in [-0.15, -0.1) is 0 Å². The number of pyridine rings is 1. The summed E-state index contributed by atoms with van der Waals surface area (Å²) in [4.78, 5) is 21.0. The number of carbonyl (C=O) groups excluding carboxylic acids is 1. The second-order valence-electron chi connectivity index (χ2n) is 5.30. The van der Waals surface area contributed by atoms with Crippen LogP contribution in [0.1, 0.15) is 16.2 Å². The normalized spacial score (nSPS) is 10.4.